The highest BCUT2D eigenvalue weighted by Gasteiger charge is 2.29. The van der Waals surface area contributed by atoms with Crippen molar-refractivity contribution in [3.05, 3.63) is 29.8 Å². The summed E-state index contributed by atoms with van der Waals surface area (Å²) in [4.78, 5) is 13.9. The van der Waals surface area contributed by atoms with E-state index in [2.05, 4.69) is 7.05 Å². The molecule has 20 heavy (non-hydrogen) atoms. The molecule has 0 radical (unpaired) electrons. The number of hydrogen-bond donors (Lipinski definition) is 2. The fourth-order valence-electron chi connectivity index (χ4n) is 2.85. The van der Waals surface area contributed by atoms with Crippen molar-refractivity contribution in [1.82, 2.24) is 0 Å². The SMILES string of the molecule is COc1ccc([C@H](CC(=O)[O-])[NH+]2CC[NH+](C)CC2)cc1. The van der Waals surface area contributed by atoms with Crippen LogP contribution in [0.15, 0.2) is 24.3 Å². The van der Waals surface area contributed by atoms with E-state index in [0.717, 1.165) is 37.5 Å². The predicted molar refractivity (Wildman–Crippen MR) is 72.7 cm³/mol. The molecule has 1 aliphatic rings. The van der Waals surface area contributed by atoms with E-state index in [4.69, 9.17) is 4.74 Å². The fourth-order valence-corrected chi connectivity index (χ4v) is 2.85. The molecule has 1 aliphatic heterocycles. The van der Waals surface area contributed by atoms with Crippen LogP contribution in [0.4, 0.5) is 0 Å². The first-order valence-electron chi connectivity index (χ1n) is 7.10. The van der Waals surface area contributed by atoms with Gasteiger partial charge in [0.05, 0.1) is 14.2 Å². The van der Waals surface area contributed by atoms with Crippen LogP contribution in [0.5, 0.6) is 5.75 Å². The van der Waals surface area contributed by atoms with Gasteiger partial charge in [-0.3, -0.25) is 0 Å². The number of benzene rings is 1. The molecule has 0 amide bonds. The summed E-state index contributed by atoms with van der Waals surface area (Å²) < 4.78 is 5.15. The molecule has 0 aromatic heterocycles. The molecule has 0 spiro atoms. The topological polar surface area (TPSA) is 58.2 Å². The minimum atomic E-state index is -0.982. The first-order chi connectivity index (χ1) is 9.60. The van der Waals surface area contributed by atoms with Crippen LogP contribution >= 0.6 is 0 Å². The van der Waals surface area contributed by atoms with E-state index in [1.807, 2.05) is 24.3 Å². The highest BCUT2D eigenvalue weighted by Crippen LogP contribution is 2.18. The van der Waals surface area contributed by atoms with Crippen molar-refractivity contribution < 1.29 is 24.4 Å². The average molecular weight is 279 g/mol. The molecule has 2 rings (SSSR count). The summed E-state index contributed by atoms with van der Waals surface area (Å²) in [5, 5.41) is 11.1. The second-order valence-corrected chi connectivity index (χ2v) is 5.52. The summed E-state index contributed by atoms with van der Waals surface area (Å²) in [5.41, 5.74) is 1.05. The standard InChI is InChI=1S/C15H22N2O3/c1-16-7-9-17(10-8-16)14(11-15(18)19)12-3-5-13(20-2)6-4-12/h3-6,14H,7-11H2,1-2H3,(H,18,19)/p+1/t14-/m0/s1. The molecule has 5 heteroatoms. The van der Waals surface area contributed by atoms with Crippen molar-refractivity contribution in [3.8, 4) is 5.75 Å². The molecule has 1 atom stereocenters. The van der Waals surface area contributed by atoms with Crippen LogP contribution in [-0.4, -0.2) is 46.3 Å². The number of aliphatic carboxylic acids is 1. The van der Waals surface area contributed by atoms with Crippen molar-refractivity contribution in [2.75, 3.05) is 40.3 Å². The highest BCUT2D eigenvalue weighted by atomic mass is 16.5. The van der Waals surface area contributed by atoms with Gasteiger partial charge in [0, 0.05) is 18.0 Å². The van der Waals surface area contributed by atoms with Crippen molar-refractivity contribution in [3.63, 3.8) is 0 Å². The third-order valence-electron chi connectivity index (χ3n) is 4.13. The lowest BCUT2D eigenvalue weighted by Crippen LogP contribution is -3.27. The lowest BCUT2D eigenvalue weighted by molar-refractivity contribution is -1.02. The van der Waals surface area contributed by atoms with Crippen molar-refractivity contribution in [1.29, 1.82) is 0 Å². The van der Waals surface area contributed by atoms with Gasteiger partial charge in [-0.05, 0) is 24.3 Å². The number of carboxylic acids is 1. The van der Waals surface area contributed by atoms with Crippen LogP contribution in [0.1, 0.15) is 18.0 Å². The van der Waals surface area contributed by atoms with E-state index in [0.29, 0.717) is 0 Å². The molecule has 1 fully saturated rings. The molecule has 1 aromatic rings. The fraction of sp³-hybridized carbons (Fsp3) is 0.533. The van der Waals surface area contributed by atoms with Crippen LogP contribution in [0.3, 0.4) is 0 Å². The van der Waals surface area contributed by atoms with E-state index in [1.165, 1.54) is 9.80 Å². The van der Waals surface area contributed by atoms with Gasteiger partial charge in [-0.2, -0.15) is 0 Å². The number of carbonyl (C=O) groups is 1. The Bertz CT molecular complexity index is 439. The zero-order chi connectivity index (χ0) is 14.5. The maximum atomic E-state index is 11.1. The summed E-state index contributed by atoms with van der Waals surface area (Å²) in [7, 11) is 3.81. The minimum absolute atomic E-state index is 0.0287. The molecule has 0 bridgehead atoms. The molecular weight excluding hydrogens is 256 g/mol. The number of likely N-dealkylation sites (N-methyl/N-ethyl adjacent to an activating group) is 1. The van der Waals surface area contributed by atoms with E-state index >= 15 is 0 Å². The van der Waals surface area contributed by atoms with Crippen LogP contribution in [0, 0.1) is 0 Å². The minimum Gasteiger partial charge on any atom is -0.550 e. The predicted octanol–water partition coefficient (Wildman–Crippen LogP) is -2.71. The van der Waals surface area contributed by atoms with Crippen LogP contribution in [0.2, 0.25) is 0 Å². The Hall–Kier alpha value is -1.59. The number of piperazine rings is 1. The first-order valence-corrected chi connectivity index (χ1v) is 7.10. The largest absolute Gasteiger partial charge is 0.550 e. The number of hydrogen-bond acceptors (Lipinski definition) is 3. The smallest absolute Gasteiger partial charge is 0.127 e. The normalized spacial score (nSPS) is 24.1. The van der Waals surface area contributed by atoms with Gasteiger partial charge >= 0.3 is 0 Å². The number of ether oxygens (including phenoxy) is 1. The zero-order valence-corrected chi connectivity index (χ0v) is 12.1. The van der Waals surface area contributed by atoms with Crippen molar-refractivity contribution in [2.45, 2.75) is 12.5 Å². The van der Waals surface area contributed by atoms with Crippen molar-refractivity contribution in [2.24, 2.45) is 0 Å². The quantitative estimate of drug-likeness (QED) is 0.616. The van der Waals surface area contributed by atoms with Gasteiger partial charge in [0.15, 0.2) is 0 Å². The Morgan fingerprint density at radius 1 is 1.25 bits per heavy atom. The van der Waals surface area contributed by atoms with Crippen LogP contribution in [0.25, 0.3) is 0 Å². The first kappa shape index (κ1) is 14.8. The molecule has 2 N–H and O–H groups in total. The Kier molecular flexibility index (Phi) is 4.98. The van der Waals surface area contributed by atoms with Gasteiger partial charge < -0.3 is 24.4 Å². The Morgan fingerprint density at radius 3 is 2.35 bits per heavy atom. The number of carboxylic acid groups (broad SMARTS) is 1. The molecular formula is C15H23N2O3+. The summed E-state index contributed by atoms with van der Waals surface area (Å²) >= 11 is 0. The third-order valence-corrected chi connectivity index (χ3v) is 4.13. The molecule has 110 valence electrons. The number of nitrogens with one attached hydrogen (secondary N) is 2. The Morgan fingerprint density at radius 2 is 1.85 bits per heavy atom. The van der Waals surface area contributed by atoms with E-state index in [1.54, 1.807) is 7.11 Å². The molecule has 0 saturated carbocycles. The maximum absolute atomic E-state index is 11.1. The van der Waals surface area contributed by atoms with E-state index in [9.17, 15) is 9.90 Å². The summed E-state index contributed by atoms with van der Waals surface area (Å²) in [6, 6.07) is 7.67. The lowest BCUT2D eigenvalue weighted by atomic mass is 10.0. The summed E-state index contributed by atoms with van der Waals surface area (Å²) in [6.07, 6.45) is 0.0701. The lowest BCUT2D eigenvalue weighted by Gasteiger charge is -2.33. The van der Waals surface area contributed by atoms with Gasteiger partial charge in [-0.25, -0.2) is 0 Å². The van der Waals surface area contributed by atoms with E-state index in [-0.39, 0.29) is 12.5 Å². The van der Waals surface area contributed by atoms with Gasteiger partial charge in [-0.15, -0.1) is 0 Å². The van der Waals surface area contributed by atoms with E-state index < -0.39 is 5.97 Å². The van der Waals surface area contributed by atoms with Crippen LogP contribution < -0.4 is 19.6 Å². The molecule has 5 nitrogen and oxygen atoms in total. The van der Waals surface area contributed by atoms with Crippen LogP contribution in [-0.2, 0) is 4.79 Å². The molecule has 1 aromatic carbocycles. The third kappa shape index (κ3) is 3.71. The molecule has 0 aliphatic carbocycles. The highest BCUT2D eigenvalue weighted by molar-refractivity contribution is 5.65. The number of rotatable bonds is 5. The Labute approximate surface area is 119 Å². The molecule has 1 saturated heterocycles. The second-order valence-electron chi connectivity index (χ2n) is 5.52. The van der Waals surface area contributed by atoms with Gasteiger partial charge in [0.25, 0.3) is 0 Å². The molecule has 1 heterocycles. The number of carbonyl (C=O) groups excluding carboxylic acids is 1. The second kappa shape index (κ2) is 6.72. The molecule has 0 unspecified atom stereocenters. The average Bonchev–Trinajstić information content (AvgIpc) is 2.46. The number of quaternary nitrogens is 2. The monoisotopic (exact) mass is 279 g/mol. The van der Waals surface area contributed by atoms with Gasteiger partial charge in [0.2, 0.25) is 0 Å². The van der Waals surface area contributed by atoms with Gasteiger partial charge in [0.1, 0.15) is 38.0 Å². The zero-order valence-electron chi connectivity index (χ0n) is 12.1. The van der Waals surface area contributed by atoms with Gasteiger partial charge in [-0.1, -0.05) is 0 Å². The number of methoxy groups -OCH3 is 1. The van der Waals surface area contributed by atoms with Crippen molar-refractivity contribution >= 4 is 5.97 Å². The maximum Gasteiger partial charge on any atom is 0.127 e. The summed E-state index contributed by atoms with van der Waals surface area (Å²) in [6.45, 7) is 4.15. The Balaban J connectivity index is 2.15. The summed E-state index contributed by atoms with van der Waals surface area (Å²) in [5.74, 6) is -0.191.